The molecule has 0 bridgehead atoms. The first-order chi connectivity index (χ1) is 6.86. The molecule has 1 aromatic rings. The minimum absolute atomic E-state index is 0. The van der Waals surface area contributed by atoms with Crippen LogP contribution in [-0.2, 0) is 22.6 Å². The van der Waals surface area contributed by atoms with Gasteiger partial charge >= 0.3 is 0 Å². The molecule has 1 aromatic heterocycles. The summed E-state index contributed by atoms with van der Waals surface area (Å²) in [5.74, 6) is 0. The largest absolute Gasteiger partial charge is 0.382 e. The predicted octanol–water partition coefficient (Wildman–Crippen LogP) is 1.09. The molecule has 0 atom stereocenters. The molecule has 88 valence electrons. The number of hydrogen-bond donors (Lipinski definition) is 0. The zero-order chi connectivity index (χ0) is 10.2. The van der Waals surface area contributed by atoms with Crippen LogP contribution in [0.4, 0.5) is 0 Å². The molecule has 0 N–H and O–H groups in total. The van der Waals surface area contributed by atoms with Crippen LogP contribution >= 0.6 is 0 Å². The van der Waals surface area contributed by atoms with Crippen molar-refractivity contribution in [2.24, 2.45) is 0 Å². The number of rotatable bonds is 7. The Labute approximate surface area is 92.4 Å². The Morgan fingerprint density at radius 1 is 1.27 bits per heavy atom. The Hall–Kier alpha value is -0.870. The van der Waals surface area contributed by atoms with Gasteiger partial charge in [0.15, 0.2) is 0 Å². The molecule has 1 rings (SSSR count). The van der Waals surface area contributed by atoms with E-state index in [2.05, 4.69) is 34.8 Å². The quantitative estimate of drug-likeness (QED) is 0.503. The number of nitrogens with zero attached hydrogens (tertiary/aromatic N) is 2. The molecule has 0 aliphatic carbocycles. The standard InChI is InChI=1S/C10H19N2O2.CH4/c1-3-11-4-5-12(10-11)6-7-14-9-8-13-2;/h4-5,10H,3,6-9H2,1-2H3;1H4/q+1;. The number of aromatic nitrogens is 2. The van der Waals surface area contributed by atoms with Gasteiger partial charge in [-0.2, -0.15) is 0 Å². The second-order valence-corrected chi connectivity index (χ2v) is 3.09. The van der Waals surface area contributed by atoms with Crippen molar-refractivity contribution in [1.82, 2.24) is 4.57 Å². The van der Waals surface area contributed by atoms with Crippen molar-refractivity contribution in [3.8, 4) is 0 Å². The molecular weight excluding hydrogens is 192 g/mol. The molecule has 0 spiro atoms. The minimum Gasteiger partial charge on any atom is -0.382 e. The fraction of sp³-hybridized carbons (Fsp3) is 0.727. The van der Waals surface area contributed by atoms with Gasteiger partial charge < -0.3 is 9.47 Å². The van der Waals surface area contributed by atoms with Gasteiger partial charge in [-0.05, 0) is 6.92 Å². The molecule has 0 saturated heterocycles. The maximum Gasteiger partial charge on any atom is 0.243 e. The predicted molar refractivity (Wildman–Crippen MR) is 59.7 cm³/mol. The topological polar surface area (TPSA) is 27.3 Å². The molecule has 0 radical (unpaired) electrons. The zero-order valence-electron chi connectivity index (χ0n) is 8.98. The first-order valence-corrected chi connectivity index (χ1v) is 4.98. The Morgan fingerprint density at radius 3 is 2.67 bits per heavy atom. The van der Waals surface area contributed by atoms with Crippen molar-refractivity contribution in [1.29, 1.82) is 0 Å². The van der Waals surface area contributed by atoms with E-state index < -0.39 is 0 Å². The van der Waals surface area contributed by atoms with Crippen LogP contribution in [0.3, 0.4) is 0 Å². The Balaban J connectivity index is 0.00000196. The molecular formula is C11H23N2O2+. The van der Waals surface area contributed by atoms with Gasteiger partial charge in [-0.25, -0.2) is 9.13 Å². The summed E-state index contributed by atoms with van der Waals surface area (Å²) in [7, 11) is 1.68. The van der Waals surface area contributed by atoms with E-state index >= 15 is 0 Å². The van der Waals surface area contributed by atoms with Gasteiger partial charge in [0.1, 0.15) is 18.9 Å². The summed E-state index contributed by atoms with van der Waals surface area (Å²) in [6, 6.07) is 0. The maximum absolute atomic E-state index is 5.37. The number of methoxy groups -OCH3 is 1. The van der Waals surface area contributed by atoms with Crippen LogP contribution < -0.4 is 4.57 Å². The molecule has 0 aliphatic heterocycles. The Kier molecular flexibility index (Phi) is 7.95. The summed E-state index contributed by atoms with van der Waals surface area (Å²) in [5, 5.41) is 0. The number of hydrogen-bond acceptors (Lipinski definition) is 2. The van der Waals surface area contributed by atoms with Gasteiger partial charge in [-0.15, -0.1) is 0 Å². The molecule has 0 fully saturated rings. The summed E-state index contributed by atoms with van der Waals surface area (Å²) in [5.41, 5.74) is 0. The SMILES string of the molecule is C.CCn1cc[n+](CCOCCOC)c1. The molecule has 0 amide bonds. The summed E-state index contributed by atoms with van der Waals surface area (Å²) in [6.07, 6.45) is 6.21. The van der Waals surface area contributed by atoms with Crippen LogP contribution in [0.2, 0.25) is 0 Å². The molecule has 15 heavy (non-hydrogen) atoms. The van der Waals surface area contributed by atoms with Crippen molar-refractivity contribution in [3.63, 3.8) is 0 Å². The van der Waals surface area contributed by atoms with E-state index in [1.807, 2.05) is 0 Å². The number of imidazole rings is 1. The molecule has 4 heteroatoms. The fourth-order valence-electron chi connectivity index (χ4n) is 1.17. The van der Waals surface area contributed by atoms with Crippen LogP contribution in [0.5, 0.6) is 0 Å². The molecule has 0 saturated carbocycles. The smallest absolute Gasteiger partial charge is 0.243 e. The highest BCUT2D eigenvalue weighted by molar-refractivity contribution is 4.64. The van der Waals surface area contributed by atoms with Gasteiger partial charge in [0.2, 0.25) is 6.33 Å². The average Bonchev–Trinajstić information content (AvgIpc) is 2.65. The van der Waals surface area contributed by atoms with Crippen LogP contribution in [-0.4, -0.2) is 31.5 Å². The number of ether oxygens (including phenoxy) is 2. The maximum atomic E-state index is 5.37. The van der Waals surface area contributed by atoms with Gasteiger partial charge in [-0.1, -0.05) is 7.43 Å². The minimum atomic E-state index is 0. The zero-order valence-corrected chi connectivity index (χ0v) is 8.98. The average molecular weight is 215 g/mol. The lowest BCUT2D eigenvalue weighted by Gasteiger charge is -2.00. The monoisotopic (exact) mass is 215 g/mol. The summed E-state index contributed by atoms with van der Waals surface area (Å²) in [4.78, 5) is 0. The van der Waals surface area contributed by atoms with Crippen molar-refractivity contribution < 1.29 is 14.0 Å². The lowest BCUT2D eigenvalue weighted by atomic mass is 10.6. The van der Waals surface area contributed by atoms with E-state index in [1.165, 1.54) is 0 Å². The first-order valence-electron chi connectivity index (χ1n) is 4.98. The van der Waals surface area contributed by atoms with Gasteiger partial charge in [0.05, 0.1) is 26.4 Å². The summed E-state index contributed by atoms with van der Waals surface area (Å²) < 4.78 is 14.5. The summed E-state index contributed by atoms with van der Waals surface area (Å²) >= 11 is 0. The van der Waals surface area contributed by atoms with Crippen molar-refractivity contribution >= 4 is 0 Å². The van der Waals surface area contributed by atoms with E-state index in [-0.39, 0.29) is 7.43 Å². The second kappa shape index (κ2) is 8.44. The molecule has 0 aromatic carbocycles. The molecule has 1 heterocycles. The van der Waals surface area contributed by atoms with E-state index in [4.69, 9.17) is 9.47 Å². The van der Waals surface area contributed by atoms with Crippen LogP contribution in [0.25, 0.3) is 0 Å². The van der Waals surface area contributed by atoms with Crippen LogP contribution in [0.1, 0.15) is 14.4 Å². The first kappa shape index (κ1) is 14.1. The van der Waals surface area contributed by atoms with E-state index in [0.29, 0.717) is 13.2 Å². The third kappa shape index (κ3) is 5.54. The molecule has 0 unspecified atom stereocenters. The highest BCUT2D eigenvalue weighted by Crippen LogP contribution is 1.83. The van der Waals surface area contributed by atoms with Crippen molar-refractivity contribution in [2.75, 3.05) is 26.9 Å². The normalized spacial score (nSPS) is 10.0. The van der Waals surface area contributed by atoms with Gasteiger partial charge in [-0.3, -0.25) is 0 Å². The summed E-state index contributed by atoms with van der Waals surface area (Å²) in [6.45, 7) is 6.11. The number of aryl methyl sites for hydroxylation is 1. The fourth-order valence-corrected chi connectivity index (χ4v) is 1.17. The Bertz CT molecular complexity index is 248. The highest BCUT2D eigenvalue weighted by Gasteiger charge is 2.00. The molecule has 0 aliphatic rings. The van der Waals surface area contributed by atoms with Gasteiger partial charge in [0, 0.05) is 7.11 Å². The van der Waals surface area contributed by atoms with E-state index in [0.717, 1.165) is 19.7 Å². The van der Waals surface area contributed by atoms with Gasteiger partial charge in [0.25, 0.3) is 0 Å². The highest BCUT2D eigenvalue weighted by atomic mass is 16.5. The lowest BCUT2D eigenvalue weighted by Crippen LogP contribution is -2.33. The lowest BCUT2D eigenvalue weighted by molar-refractivity contribution is -0.698. The van der Waals surface area contributed by atoms with E-state index in [1.54, 1.807) is 7.11 Å². The third-order valence-electron chi connectivity index (χ3n) is 2.04. The van der Waals surface area contributed by atoms with Crippen molar-refractivity contribution in [3.05, 3.63) is 18.7 Å². The van der Waals surface area contributed by atoms with Crippen LogP contribution in [0, 0.1) is 0 Å². The second-order valence-electron chi connectivity index (χ2n) is 3.09. The third-order valence-corrected chi connectivity index (χ3v) is 2.04. The van der Waals surface area contributed by atoms with Crippen LogP contribution in [0.15, 0.2) is 18.7 Å². The Morgan fingerprint density at radius 2 is 2.07 bits per heavy atom. The van der Waals surface area contributed by atoms with Crippen molar-refractivity contribution in [2.45, 2.75) is 27.4 Å². The van der Waals surface area contributed by atoms with E-state index in [9.17, 15) is 0 Å². The molecule has 4 nitrogen and oxygen atoms in total.